The van der Waals surface area contributed by atoms with E-state index in [4.69, 9.17) is 4.74 Å². The number of guanidine groups is 1. The fourth-order valence-corrected chi connectivity index (χ4v) is 2.56. The fourth-order valence-electron chi connectivity index (χ4n) is 2.56. The van der Waals surface area contributed by atoms with Gasteiger partial charge in [-0.15, -0.1) is 30.6 Å². The molecule has 1 heterocycles. The molecule has 0 amide bonds. The van der Waals surface area contributed by atoms with Crippen LogP contribution >= 0.6 is 24.0 Å². The van der Waals surface area contributed by atoms with E-state index in [9.17, 15) is 0 Å². The molecule has 0 atom stereocenters. The van der Waals surface area contributed by atoms with Crippen LogP contribution in [0.2, 0.25) is 0 Å². The largest absolute Gasteiger partial charge is 0.497 e. The van der Waals surface area contributed by atoms with E-state index >= 15 is 0 Å². The third-order valence-electron chi connectivity index (χ3n) is 3.70. The van der Waals surface area contributed by atoms with E-state index in [-0.39, 0.29) is 24.0 Å². The summed E-state index contributed by atoms with van der Waals surface area (Å²) in [6.07, 6.45) is 1.82. The average Bonchev–Trinajstić information content (AvgIpc) is 2.59. The van der Waals surface area contributed by atoms with Gasteiger partial charge in [0.2, 0.25) is 0 Å². The quantitative estimate of drug-likeness (QED) is 0.338. The molecule has 1 fully saturated rings. The lowest BCUT2D eigenvalue weighted by molar-refractivity contribution is 0.372. The summed E-state index contributed by atoms with van der Waals surface area (Å²) < 4.78 is 5.31. The molecule has 5 nitrogen and oxygen atoms in total. The maximum Gasteiger partial charge on any atom is 0.194 e. The lowest BCUT2D eigenvalue weighted by Crippen LogP contribution is -2.52. The van der Waals surface area contributed by atoms with Gasteiger partial charge in [-0.25, -0.2) is 4.99 Å². The summed E-state index contributed by atoms with van der Waals surface area (Å²) in [5, 5.41) is 3.35. The van der Waals surface area contributed by atoms with Gasteiger partial charge in [0.05, 0.1) is 13.7 Å². The molecule has 1 N–H and O–H groups in total. The maximum absolute atomic E-state index is 5.31. The molecule has 0 aromatic heterocycles. The first-order valence-corrected chi connectivity index (χ1v) is 7.81. The second kappa shape index (κ2) is 10.4. The van der Waals surface area contributed by atoms with E-state index in [2.05, 4.69) is 45.7 Å². The number of rotatable bonds is 5. The first kappa shape index (κ1) is 19.6. The van der Waals surface area contributed by atoms with Crippen molar-refractivity contribution in [2.24, 2.45) is 4.99 Å². The summed E-state index contributed by atoms with van der Waals surface area (Å²) in [6.45, 7) is 11.2. The van der Waals surface area contributed by atoms with Gasteiger partial charge < -0.3 is 19.9 Å². The number of nitrogens with zero attached hydrogens (tertiary/aromatic N) is 3. The number of hydrogen-bond acceptors (Lipinski definition) is 3. The van der Waals surface area contributed by atoms with Crippen LogP contribution in [0.4, 0.5) is 5.69 Å². The van der Waals surface area contributed by atoms with Gasteiger partial charge in [0.15, 0.2) is 5.96 Å². The molecule has 1 aromatic carbocycles. The van der Waals surface area contributed by atoms with E-state index in [1.54, 1.807) is 7.11 Å². The Labute approximate surface area is 156 Å². The molecule has 6 heteroatoms. The predicted molar refractivity (Wildman–Crippen MR) is 108 cm³/mol. The van der Waals surface area contributed by atoms with E-state index < -0.39 is 0 Å². The van der Waals surface area contributed by atoms with Gasteiger partial charge in [-0.3, -0.25) is 0 Å². The molecule has 0 unspecified atom stereocenters. The number of methoxy groups -OCH3 is 1. The normalized spacial score (nSPS) is 15.0. The number of ether oxygens (including phenoxy) is 1. The monoisotopic (exact) mass is 430 g/mol. The van der Waals surface area contributed by atoms with Gasteiger partial charge in [-0.1, -0.05) is 12.1 Å². The van der Waals surface area contributed by atoms with Crippen LogP contribution in [-0.2, 0) is 0 Å². The van der Waals surface area contributed by atoms with Crippen molar-refractivity contribution in [1.29, 1.82) is 0 Å². The number of benzene rings is 1. The molecule has 1 aliphatic rings. The van der Waals surface area contributed by atoms with Gasteiger partial charge >= 0.3 is 0 Å². The maximum atomic E-state index is 5.31. The molecule has 0 saturated carbocycles. The average molecular weight is 430 g/mol. The van der Waals surface area contributed by atoms with Crippen molar-refractivity contribution in [2.45, 2.75) is 6.92 Å². The summed E-state index contributed by atoms with van der Waals surface area (Å²) >= 11 is 0. The third-order valence-corrected chi connectivity index (χ3v) is 3.70. The Balaban J connectivity index is 0.00000264. The summed E-state index contributed by atoms with van der Waals surface area (Å²) in [5.74, 6) is 1.88. The van der Waals surface area contributed by atoms with Crippen molar-refractivity contribution < 1.29 is 4.74 Å². The highest BCUT2D eigenvalue weighted by molar-refractivity contribution is 14.0. The second-order valence-electron chi connectivity index (χ2n) is 5.16. The zero-order valence-electron chi connectivity index (χ0n) is 14.0. The van der Waals surface area contributed by atoms with Crippen LogP contribution in [0.15, 0.2) is 41.9 Å². The third kappa shape index (κ3) is 5.60. The topological polar surface area (TPSA) is 40.1 Å². The van der Waals surface area contributed by atoms with Gasteiger partial charge in [-0.2, -0.15) is 0 Å². The van der Waals surface area contributed by atoms with E-state index in [0.29, 0.717) is 6.54 Å². The Morgan fingerprint density at radius 3 is 2.70 bits per heavy atom. The number of halogens is 1. The van der Waals surface area contributed by atoms with Crippen molar-refractivity contribution in [3.63, 3.8) is 0 Å². The van der Waals surface area contributed by atoms with Crippen LogP contribution in [0.3, 0.4) is 0 Å². The Morgan fingerprint density at radius 2 is 2.09 bits per heavy atom. The molecule has 1 saturated heterocycles. The summed E-state index contributed by atoms with van der Waals surface area (Å²) in [4.78, 5) is 9.25. The van der Waals surface area contributed by atoms with Crippen molar-refractivity contribution in [3.8, 4) is 5.75 Å². The molecule has 0 radical (unpaired) electrons. The van der Waals surface area contributed by atoms with Crippen LogP contribution < -0.4 is 15.0 Å². The Bertz CT molecular complexity index is 513. The minimum absolute atomic E-state index is 0. The second-order valence-corrected chi connectivity index (χ2v) is 5.16. The highest BCUT2D eigenvalue weighted by Crippen LogP contribution is 2.22. The van der Waals surface area contributed by atoms with Crippen molar-refractivity contribution in [1.82, 2.24) is 10.2 Å². The van der Waals surface area contributed by atoms with Crippen molar-refractivity contribution in [2.75, 3.05) is 51.3 Å². The number of nitrogens with one attached hydrogen (secondary N) is 1. The fraction of sp³-hybridized carbons (Fsp3) is 0.471. The van der Waals surface area contributed by atoms with E-state index in [1.165, 1.54) is 5.69 Å². The Hall–Kier alpha value is -1.44. The molecular formula is C17H27IN4O. The molecule has 0 bridgehead atoms. The molecule has 23 heavy (non-hydrogen) atoms. The highest BCUT2D eigenvalue weighted by Gasteiger charge is 2.19. The molecule has 1 aromatic rings. The summed E-state index contributed by atoms with van der Waals surface area (Å²) in [5.41, 5.74) is 1.21. The number of aliphatic imine (C=N–C) groups is 1. The predicted octanol–water partition coefficient (Wildman–Crippen LogP) is 2.59. The van der Waals surface area contributed by atoms with Crippen LogP contribution in [0.25, 0.3) is 0 Å². The first-order chi connectivity index (χ1) is 10.8. The first-order valence-electron chi connectivity index (χ1n) is 7.81. The highest BCUT2D eigenvalue weighted by atomic mass is 127. The van der Waals surface area contributed by atoms with E-state index in [1.807, 2.05) is 18.2 Å². The zero-order valence-corrected chi connectivity index (χ0v) is 16.3. The van der Waals surface area contributed by atoms with Crippen LogP contribution in [-0.4, -0.2) is 57.2 Å². The minimum Gasteiger partial charge on any atom is -0.497 e. The van der Waals surface area contributed by atoms with Crippen molar-refractivity contribution >= 4 is 35.6 Å². The lowest BCUT2D eigenvalue weighted by atomic mass is 10.2. The summed E-state index contributed by atoms with van der Waals surface area (Å²) in [6, 6.07) is 8.24. The van der Waals surface area contributed by atoms with E-state index in [0.717, 1.165) is 44.4 Å². The number of anilines is 1. The van der Waals surface area contributed by atoms with Crippen LogP contribution in [0.5, 0.6) is 5.75 Å². The van der Waals surface area contributed by atoms with Crippen LogP contribution in [0.1, 0.15) is 6.92 Å². The molecule has 0 aliphatic carbocycles. The molecule has 0 spiro atoms. The molecule has 2 rings (SSSR count). The van der Waals surface area contributed by atoms with Gasteiger partial charge in [0.25, 0.3) is 0 Å². The number of piperazine rings is 1. The minimum atomic E-state index is 0. The summed E-state index contributed by atoms with van der Waals surface area (Å²) in [7, 11) is 1.70. The van der Waals surface area contributed by atoms with Gasteiger partial charge in [-0.05, 0) is 19.1 Å². The van der Waals surface area contributed by atoms with Crippen molar-refractivity contribution in [3.05, 3.63) is 36.9 Å². The lowest BCUT2D eigenvalue weighted by Gasteiger charge is -2.37. The van der Waals surface area contributed by atoms with Gasteiger partial charge in [0, 0.05) is 44.5 Å². The SMILES string of the molecule is C=CCN=C(NCC)N1CCN(c2cccc(OC)c2)CC1.I. The smallest absolute Gasteiger partial charge is 0.194 e. The van der Waals surface area contributed by atoms with Crippen LogP contribution in [0, 0.1) is 0 Å². The van der Waals surface area contributed by atoms with Gasteiger partial charge in [0.1, 0.15) is 5.75 Å². The standard InChI is InChI=1S/C17H26N4O.HI/c1-4-9-19-17(18-5-2)21-12-10-20(11-13-21)15-7-6-8-16(14-15)22-3;/h4,6-8,14H,1,5,9-13H2,2-3H3,(H,18,19);1H. The number of hydrogen-bond donors (Lipinski definition) is 1. The molecule has 1 aliphatic heterocycles. The Kier molecular flexibility index (Phi) is 8.83. The molecule has 128 valence electrons. The zero-order chi connectivity index (χ0) is 15.8. The Morgan fingerprint density at radius 1 is 1.35 bits per heavy atom. The molecular weight excluding hydrogens is 403 g/mol.